The Morgan fingerprint density at radius 1 is 0.823 bits per heavy atom. The van der Waals surface area contributed by atoms with Crippen LogP contribution in [0.15, 0.2) is 102 Å². The molecular formula is C47H51NO14. The monoisotopic (exact) mass is 853 g/mol. The van der Waals surface area contributed by atoms with E-state index in [1.54, 1.807) is 92.7 Å². The summed E-state index contributed by atoms with van der Waals surface area (Å²) in [4.78, 5) is 83.5. The largest absolute Gasteiger partial charge is 0.456 e. The minimum absolute atomic E-state index is 0.00289. The second-order valence-corrected chi connectivity index (χ2v) is 17.4. The van der Waals surface area contributed by atoms with Crippen molar-refractivity contribution in [2.75, 3.05) is 6.61 Å². The fourth-order valence-electron chi connectivity index (χ4n) is 10.2. The first kappa shape index (κ1) is 44.3. The number of esters is 4. The second kappa shape index (κ2) is 16.5. The first-order chi connectivity index (χ1) is 29.3. The van der Waals surface area contributed by atoms with Crippen molar-refractivity contribution in [3.8, 4) is 0 Å². The molecule has 62 heavy (non-hydrogen) atoms. The van der Waals surface area contributed by atoms with Crippen molar-refractivity contribution in [3.63, 3.8) is 0 Å². The fourth-order valence-corrected chi connectivity index (χ4v) is 10.2. The van der Waals surface area contributed by atoms with Gasteiger partial charge in [0.15, 0.2) is 23.6 Å². The predicted molar refractivity (Wildman–Crippen MR) is 218 cm³/mol. The third kappa shape index (κ3) is 7.29. The highest BCUT2D eigenvalue weighted by Crippen LogP contribution is 2.64. The maximum Gasteiger partial charge on any atom is 0.338 e. The SMILES string of the molecule is CC(=O)OC1C(=O)C2(C)C(O)CC3OC[C@@]3(OC(C)=O)[C@H]2[C@H](OC(=O)c2ccccc2)C2(O)C[C@H](OC(=O)[C@H](O)[C@@H](NC(=O)c3ccccc3)c3ccccc3)C(C)=C1C2(C)C. The Morgan fingerprint density at radius 3 is 1.95 bits per heavy atom. The molecule has 2 bridgehead atoms. The molecule has 1 amide bonds. The molecule has 2 saturated carbocycles. The number of aliphatic hydroxyl groups is 3. The molecule has 3 aromatic rings. The summed E-state index contributed by atoms with van der Waals surface area (Å²) in [6.45, 7) is 7.97. The first-order valence-corrected chi connectivity index (χ1v) is 20.5. The van der Waals surface area contributed by atoms with Crippen LogP contribution in [0.2, 0.25) is 0 Å². The summed E-state index contributed by atoms with van der Waals surface area (Å²) in [5.41, 5.74) is -7.02. The van der Waals surface area contributed by atoms with Crippen LogP contribution in [-0.4, -0.2) is 105 Å². The average molecular weight is 854 g/mol. The van der Waals surface area contributed by atoms with E-state index in [2.05, 4.69) is 5.32 Å². The Kier molecular flexibility index (Phi) is 11.8. The number of fused-ring (bicyclic) bond motifs is 5. The van der Waals surface area contributed by atoms with Gasteiger partial charge in [-0.05, 0) is 54.8 Å². The third-order valence-corrected chi connectivity index (χ3v) is 13.5. The highest BCUT2D eigenvalue weighted by atomic mass is 16.6. The van der Waals surface area contributed by atoms with E-state index in [0.717, 1.165) is 13.8 Å². The van der Waals surface area contributed by atoms with Gasteiger partial charge in [0.1, 0.15) is 23.9 Å². The van der Waals surface area contributed by atoms with Crippen LogP contribution in [0.1, 0.15) is 86.7 Å². The first-order valence-electron chi connectivity index (χ1n) is 20.5. The van der Waals surface area contributed by atoms with Gasteiger partial charge in [-0.2, -0.15) is 0 Å². The van der Waals surface area contributed by atoms with Gasteiger partial charge in [-0.25, -0.2) is 9.59 Å². The van der Waals surface area contributed by atoms with Gasteiger partial charge in [-0.1, -0.05) is 80.6 Å². The second-order valence-electron chi connectivity index (χ2n) is 17.4. The molecule has 0 radical (unpaired) electrons. The summed E-state index contributed by atoms with van der Waals surface area (Å²) < 4.78 is 30.3. The van der Waals surface area contributed by atoms with Gasteiger partial charge in [-0.3, -0.25) is 19.2 Å². The van der Waals surface area contributed by atoms with E-state index in [1.807, 2.05) is 0 Å². The number of rotatable bonds is 10. The lowest BCUT2D eigenvalue weighted by Gasteiger charge is -2.67. The molecule has 7 rings (SSSR count). The van der Waals surface area contributed by atoms with E-state index < -0.39 is 113 Å². The molecule has 3 aromatic carbocycles. The predicted octanol–water partition coefficient (Wildman–Crippen LogP) is 3.74. The molecule has 1 heterocycles. The number of carbonyl (C=O) groups excluding carboxylic acids is 6. The smallest absolute Gasteiger partial charge is 0.338 e. The molecule has 1 saturated heterocycles. The van der Waals surface area contributed by atoms with Gasteiger partial charge in [0.25, 0.3) is 5.91 Å². The molecule has 3 fully saturated rings. The maximum atomic E-state index is 15.5. The topological polar surface area (TPSA) is 221 Å². The van der Waals surface area contributed by atoms with E-state index in [4.69, 9.17) is 23.7 Å². The lowest BCUT2D eigenvalue weighted by Crippen LogP contribution is -2.82. The Bertz CT molecular complexity index is 2280. The average Bonchev–Trinajstić information content (AvgIpc) is 3.24. The molecular weight excluding hydrogens is 803 g/mol. The summed E-state index contributed by atoms with van der Waals surface area (Å²) in [7, 11) is 0. The van der Waals surface area contributed by atoms with Crippen LogP contribution in [0.3, 0.4) is 0 Å². The normalized spacial score (nSPS) is 31.9. The van der Waals surface area contributed by atoms with Gasteiger partial charge < -0.3 is 44.3 Å². The summed E-state index contributed by atoms with van der Waals surface area (Å²) >= 11 is 0. The Morgan fingerprint density at radius 2 is 1.40 bits per heavy atom. The Labute approximate surface area is 358 Å². The van der Waals surface area contributed by atoms with Crippen LogP contribution in [0.4, 0.5) is 0 Å². The molecule has 328 valence electrons. The number of aliphatic hydroxyl groups excluding tert-OH is 2. The van der Waals surface area contributed by atoms with Crippen molar-refractivity contribution in [2.24, 2.45) is 16.7 Å². The van der Waals surface area contributed by atoms with Gasteiger partial charge in [0, 0.05) is 37.7 Å². The van der Waals surface area contributed by atoms with E-state index in [0.29, 0.717) is 5.56 Å². The van der Waals surface area contributed by atoms with E-state index in [1.165, 1.54) is 26.0 Å². The van der Waals surface area contributed by atoms with Crippen molar-refractivity contribution in [2.45, 2.75) is 108 Å². The van der Waals surface area contributed by atoms with E-state index in [-0.39, 0.29) is 35.3 Å². The van der Waals surface area contributed by atoms with Crippen molar-refractivity contribution < 1.29 is 67.8 Å². The molecule has 0 aromatic heterocycles. The highest BCUT2D eigenvalue weighted by molar-refractivity contribution is 5.96. The third-order valence-electron chi connectivity index (χ3n) is 13.5. The number of hydrogen-bond acceptors (Lipinski definition) is 14. The van der Waals surface area contributed by atoms with Crippen LogP contribution in [0, 0.1) is 16.7 Å². The number of ether oxygens (including phenoxy) is 5. The number of Topliss-reactive ketones (excluding diaryl/α,β-unsaturated/α-hetero) is 1. The van der Waals surface area contributed by atoms with Crippen molar-refractivity contribution in [1.29, 1.82) is 0 Å². The van der Waals surface area contributed by atoms with Gasteiger partial charge in [0.05, 0.1) is 35.6 Å². The zero-order valence-electron chi connectivity index (χ0n) is 35.2. The quantitative estimate of drug-likeness (QED) is 0.130. The van der Waals surface area contributed by atoms with Crippen LogP contribution in [-0.2, 0) is 42.9 Å². The van der Waals surface area contributed by atoms with Crippen LogP contribution in [0.25, 0.3) is 0 Å². The number of benzene rings is 3. The van der Waals surface area contributed by atoms with Gasteiger partial charge in [0.2, 0.25) is 0 Å². The number of nitrogens with one attached hydrogen (secondary N) is 1. The Hall–Kier alpha value is -5.74. The number of amides is 1. The van der Waals surface area contributed by atoms with Crippen LogP contribution >= 0.6 is 0 Å². The highest BCUT2D eigenvalue weighted by Gasteiger charge is 2.78. The molecule has 1 aliphatic heterocycles. The molecule has 4 N–H and O–H groups in total. The molecule has 4 aliphatic rings. The minimum Gasteiger partial charge on any atom is -0.456 e. The molecule has 15 heteroatoms. The van der Waals surface area contributed by atoms with Gasteiger partial charge in [-0.15, -0.1) is 0 Å². The molecule has 11 atom stereocenters. The standard InChI is InChI=1S/C47H51NO14/c1-25-31(60-43(56)36(52)35(28-16-10-7-11-17-28)48-41(54)29-18-12-8-13-19-29)23-47(57)40(61-42(55)30-20-14-9-15-21-30)38-45(6,32(51)22-33-46(38,24-58-33)62-27(3)50)39(53)37(59-26(2)49)34(25)44(47,4)5/h7-21,31-33,35-38,40,51-52,57H,22-24H2,1-6H3,(H,48,54)/t31-,32?,33?,35-,36+,37?,38-,40-,45?,46-,47?/m0/s1. The summed E-state index contributed by atoms with van der Waals surface area (Å²) in [5, 5.41) is 40.2. The molecule has 0 spiro atoms. The fraction of sp³-hybridized carbons (Fsp3) is 0.447. The number of ketones is 1. The molecule has 3 aliphatic carbocycles. The lowest BCUT2D eigenvalue weighted by molar-refractivity contribution is -0.346. The van der Waals surface area contributed by atoms with Crippen molar-refractivity contribution in [3.05, 3.63) is 119 Å². The van der Waals surface area contributed by atoms with Crippen LogP contribution < -0.4 is 5.32 Å². The molecule has 5 unspecified atom stereocenters. The van der Waals surface area contributed by atoms with Gasteiger partial charge >= 0.3 is 23.9 Å². The summed E-state index contributed by atoms with van der Waals surface area (Å²) in [5.74, 6) is -6.84. The maximum absolute atomic E-state index is 15.5. The lowest BCUT2D eigenvalue weighted by atomic mass is 9.44. The number of carbonyl (C=O) groups is 6. The van der Waals surface area contributed by atoms with E-state index in [9.17, 15) is 39.3 Å². The summed E-state index contributed by atoms with van der Waals surface area (Å²) in [6, 6.07) is 22.9. The van der Waals surface area contributed by atoms with Crippen LogP contribution in [0.5, 0.6) is 0 Å². The number of hydrogen-bond donors (Lipinski definition) is 4. The minimum atomic E-state index is -2.39. The van der Waals surface area contributed by atoms with E-state index >= 15 is 4.79 Å². The van der Waals surface area contributed by atoms with Crippen molar-refractivity contribution in [1.82, 2.24) is 5.32 Å². The van der Waals surface area contributed by atoms with Crippen molar-refractivity contribution >= 4 is 35.6 Å². The zero-order valence-corrected chi connectivity index (χ0v) is 35.2. The summed E-state index contributed by atoms with van der Waals surface area (Å²) in [6.07, 6.45) is -10.5. The molecule has 15 nitrogen and oxygen atoms in total. The Balaban J connectivity index is 1.39. The zero-order chi connectivity index (χ0) is 44.9.